The van der Waals surface area contributed by atoms with Crippen LogP contribution in [-0.2, 0) is 4.79 Å². The molecule has 1 atom stereocenters. The van der Waals surface area contributed by atoms with Gasteiger partial charge < -0.3 is 10.0 Å². The number of carboxylic acid groups (broad SMARTS) is 1. The Balaban J connectivity index is 2.93. The summed E-state index contributed by atoms with van der Waals surface area (Å²) < 4.78 is 0. The quantitative estimate of drug-likeness (QED) is 0.854. The van der Waals surface area contributed by atoms with Gasteiger partial charge in [0.1, 0.15) is 0 Å². The van der Waals surface area contributed by atoms with Crippen LogP contribution in [-0.4, -0.2) is 30.1 Å². The standard InChI is InChI=1S/C16H25NO2/c1-11-9-10-14(13(3)12(11)2)15(17(4)5)7-6-8-16(18)19/h9-10,15H,6-8H2,1-5H3,(H,18,19). The fourth-order valence-electron chi connectivity index (χ4n) is 2.48. The second-order valence-electron chi connectivity index (χ2n) is 5.49. The minimum absolute atomic E-state index is 0.244. The van der Waals surface area contributed by atoms with Crippen LogP contribution in [0.2, 0.25) is 0 Å². The highest BCUT2D eigenvalue weighted by atomic mass is 16.4. The number of nitrogens with zero attached hydrogens (tertiary/aromatic N) is 1. The van der Waals surface area contributed by atoms with E-state index in [0.717, 1.165) is 6.42 Å². The summed E-state index contributed by atoms with van der Waals surface area (Å²) in [6.07, 6.45) is 1.83. The number of hydrogen-bond donors (Lipinski definition) is 1. The molecule has 1 aromatic carbocycles. The number of aliphatic carboxylic acids is 1. The van der Waals surface area contributed by atoms with Crippen LogP contribution >= 0.6 is 0 Å². The molecule has 0 saturated carbocycles. The van der Waals surface area contributed by atoms with Crippen LogP contribution in [0.1, 0.15) is 47.6 Å². The minimum Gasteiger partial charge on any atom is -0.481 e. The number of carboxylic acids is 1. The van der Waals surface area contributed by atoms with Crippen molar-refractivity contribution in [2.75, 3.05) is 14.1 Å². The topological polar surface area (TPSA) is 40.5 Å². The predicted molar refractivity (Wildman–Crippen MR) is 78.6 cm³/mol. The Hall–Kier alpha value is -1.35. The van der Waals surface area contributed by atoms with E-state index in [-0.39, 0.29) is 6.42 Å². The molecule has 1 unspecified atom stereocenters. The molecule has 0 saturated heterocycles. The molecular formula is C16H25NO2. The summed E-state index contributed by atoms with van der Waals surface area (Å²) >= 11 is 0. The maximum absolute atomic E-state index is 10.6. The maximum Gasteiger partial charge on any atom is 0.303 e. The highest BCUT2D eigenvalue weighted by molar-refractivity contribution is 5.66. The normalized spacial score (nSPS) is 12.7. The van der Waals surface area contributed by atoms with E-state index < -0.39 is 5.97 Å². The van der Waals surface area contributed by atoms with Crippen molar-refractivity contribution in [3.8, 4) is 0 Å². The molecule has 0 amide bonds. The van der Waals surface area contributed by atoms with Gasteiger partial charge in [-0.2, -0.15) is 0 Å². The lowest BCUT2D eigenvalue weighted by molar-refractivity contribution is -0.137. The Morgan fingerprint density at radius 3 is 2.37 bits per heavy atom. The minimum atomic E-state index is -0.714. The lowest BCUT2D eigenvalue weighted by Crippen LogP contribution is -2.21. The summed E-state index contributed by atoms with van der Waals surface area (Å²) in [5.41, 5.74) is 5.29. The van der Waals surface area contributed by atoms with E-state index in [2.05, 4.69) is 51.9 Å². The molecule has 0 bridgehead atoms. The highest BCUT2D eigenvalue weighted by Gasteiger charge is 2.17. The molecule has 0 radical (unpaired) electrons. The van der Waals surface area contributed by atoms with Crippen LogP contribution in [0.15, 0.2) is 12.1 Å². The molecule has 1 N–H and O–H groups in total. The molecule has 0 heterocycles. The first-order chi connectivity index (χ1) is 8.84. The maximum atomic E-state index is 10.6. The van der Waals surface area contributed by atoms with Crippen molar-refractivity contribution in [3.05, 3.63) is 34.4 Å². The largest absolute Gasteiger partial charge is 0.481 e. The number of aryl methyl sites for hydroxylation is 1. The molecule has 106 valence electrons. The number of rotatable bonds is 6. The van der Waals surface area contributed by atoms with Gasteiger partial charge >= 0.3 is 5.97 Å². The van der Waals surface area contributed by atoms with Gasteiger partial charge in [-0.25, -0.2) is 0 Å². The molecule has 0 spiro atoms. The lowest BCUT2D eigenvalue weighted by atomic mass is 9.91. The second kappa shape index (κ2) is 6.71. The third kappa shape index (κ3) is 4.06. The van der Waals surface area contributed by atoms with Gasteiger partial charge in [0.2, 0.25) is 0 Å². The Morgan fingerprint density at radius 2 is 1.84 bits per heavy atom. The molecular weight excluding hydrogens is 238 g/mol. The molecule has 3 heteroatoms. The van der Waals surface area contributed by atoms with E-state index in [9.17, 15) is 4.79 Å². The summed E-state index contributed by atoms with van der Waals surface area (Å²) in [6.45, 7) is 6.44. The van der Waals surface area contributed by atoms with Gasteiger partial charge in [-0.15, -0.1) is 0 Å². The number of benzene rings is 1. The van der Waals surface area contributed by atoms with Crippen LogP contribution in [0.4, 0.5) is 0 Å². The SMILES string of the molecule is Cc1ccc(C(CCCC(=O)O)N(C)C)c(C)c1C. The zero-order valence-corrected chi connectivity index (χ0v) is 12.7. The number of carbonyl (C=O) groups is 1. The van der Waals surface area contributed by atoms with Gasteiger partial charge in [0.25, 0.3) is 0 Å². The monoisotopic (exact) mass is 263 g/mol. The highest BCUT2D eigenvalue weighted by Crippen LogP contribution is 2.29. The third-order valence-electron chi connectivity index (χ3n) is 3.95. The average molecular weight is 263 g/mol. The molecule has 1 aromatic rings. The van der Waals surface area contributed by atoms with E-state index in [0.29, 0.717) is 12.5 Å². The average Bonchev–Trinajstić information content (AvgIpc) is 2.32. The summed E-state index contributed by atoms with van der Waals surface area (Å²) in [5.74, 6) is -0.714. The van der Waals surface area contributed by atoms with Crippen molar-refractivity contribution in [1.29, 1.82) is 0 Å². The van der Waals surface area contributed by atoms with Gasteiger partial charge in [0.15, 0.2) is 0 Å². The van der Waals surface area contributed by atoms with Gasteiger partial charge in [0.05, 0.1) is 0 Å². The van der Waals surface area contributed by atoms with Gasteiger partial charge in [-0.1, -0.05) is 12.1 Å². The molecule has 3 nitrogen and oxygen atoms in total. The summed E-state index contributed by atoms with van der Waals surface area (Å²) in [7, 11) is 4.11. The fourth-order valence-corrected chi connectivity index (χ4v) is 2.48. The third-order valence-corrected chi connectivity index (χ3v) is 3.95. The number of hydrogen-bond acceptors (Lipinski definition) is 2. The Bertz CT molecular complexity index is 452. The van der Waals surface area contributed by atoms with Crippen LogP contribution < -0.4 is 0 Å². The van der Waals surface area contributed by atoms with Crippen molar-refractivity contribution < 1.29 is 9.90 Å². The molecule has 0 aliphatic carbocycles. The van der Waals surface area contributed by atoms with Crippen molar-refractivity contribution in [2.24, 2.45) is 0 Å². The zero-order chi connectivity index (χ0) is 14.6. The first-order valence-corrected chi connectivity index (χ1v) is 6.79. The Labute approximate surface area is 116 Å². The van der Waals surface area contributed by atoms with E-state index >= 15 is 0 Å². The van der Waals surface area contributed by atoms with Crippen molar-refractivity contribution >= 4 is 5.97 Å². The Kier molecular flexibility index (Phi) is 5.55. The van der Waals surface area contributed by atoms with Gasteiger partial charge in [0, 0.05) is 12.5 Å². The van der Waals surface area contributed by atoms with Crippen LogP contribution in [0.5, 0.6) is 0 Å². The van der Waals surface area contributed by atoms with Crippen molar-refractivity contribution in [2.45, 2.75) is 46.1 Å². The van der Waals surface area contributed by atoms with E-state index in [1.54, 1.807) is 0 Å². The first-order valence-electron chi connectivity index (χ1n) is 6.79. The molecule has 19 heavy (non-hydrogen) atoms. The first kappa shape index (κ1) is 15.7. The zero-order valence-electron chi connectivity index (χ0n) is 12.7. The van der Waals surface area contributed by atoms with Crippen LogP contribution in [0, 0.1) is 20.8 Å². The summed E-state index contributed by atoms with van der Waals surface area (Å²) in [4.78, 5) is 12.8. The molecule has 0 fully saturated rings. The van der Waals surface area contributed by atoms with Crippen LogP contribution in [0.3, 0.4) is 0 Å². The lowest BCUT2D eigenvalue weighted by Gasteiger charge is -2.27. The van der Waals surface area contributed by atoms with Crippen molar-refractivity contribution in [3.63, 3.8) is 0 Å². The molecule has 0 aliphatic heterocycles. The second-order valence-corrected chi connectivity index (χ2v) is 5.49. The predicted octanol–water partition coefficient (Wildman–Crippen LogP) is 3.47. The van der Waals surface area contributed by atoms with E-state index in [4.69, 9.17) is 5.11 Å². The van der Waals surface area contributed by atoms with E-state index in [1.165, 1.54) is 22.3 Å². The van der Waals surface area contributed by atoms with Crippen LogP contribution in [0.25, 0.3) is 0 Å². The summed E-state index contributed by atoms with van der Waals surface area (Å²) in [5, 5.41) is 8.76. The Morgan fingerprint density at radius 1 is 1.21 bits per heavy atom. The fraction of sp³-hybridized carbons (Fsp3) is 0.562. The van der Waals surface area contributed by atoms with E-state index in [1.807, 2.05) is 0 Å². The van der Waals surface area contributed by atoms with Gasteiger partial charge in [-0.3, -0.25) is 4.79 Å². The summed E-state index contributed by atoms with van der Waals surface area (Å²) in [6, 6.07) is 4.63. The van der Waals surface area contributed by atoms with Gasteiger partial charge in [-0.05, 0) is 70.0 Å². The molecule has 0 aromatic heterocycles. The molecule has 1 rings (SSSR count). The molecule has 0 aliphatic rings. The van der Waals surface area contributed by atoms with Crippen molar-refractivity contribution in [1.82, 2.24) is 4.90 Å². The smallest absolute Gasteiger partial charge is 0.303 e.